The Bertz CT molecular complexity index is 757. The minimum atomic E-state index is -1.56. The number of rotatable bonds is 7. The normalized spacial score (nSPS) is 16.4. The number of non-ortho nitro benzene ring substituents is 1. The number of nitro groups is 1. The van der Waals surface area contributed by atoms with Gasteiger partial charge >= 0.3 is 0 Å². The Labute approximate surface area is 158 Å². The summed E-state index contributed by atoms with van der Waals surface area (Å²) in [6.07, 6.45) is 4.01. The van der Waals surface area contributed by atoms with Crippen LogP contribution >= 0.6 is 10.0 Å². The zero-order valence-electron chi connectivity index (χ0n) is 16.0. The van der Waals surface area contributed by atoms with Gasteiger partial charge in [-0.05, 0) is 58.4 Å². The number of benzene rings is 1. The van der Waals surface area contributed by atoms with E-state index in [2.05, 4.69) is 10.1 Å². The van der Waals surface area contributed by atoms with E-state index in [1.54, 1.807) is 27.7 Å². The van der Waals surface area contributed by atoms with Gasteiger partial charge < -0.3 is 0 Å². The Balaban J connectivity index is 3.40. The van der Waals surface area contributed by atoms with Gasteiger partial charge in [-0.25, -0.2) is 13.3 Å². The van der Waals surface area contributed by atoms with Gasteiger partial charge in [0.15, 0.2) is 0 Å². The molecule has 1 rings (SSSR count). The van der Waals surface area contributed by atoms with Crippen molar-refractivity contribution in [2.75, 3.05) is 18.3 Å². The number of nitrogens with one attached hydrogen (secondary N) is 1. The van der Waals surface area contributed by atoms with Crippen LogP contribution in [-0.2, 0) is 16.5 Å². The van der Waals surface area contributed by atoms with Gasteiger partial charge in [-0.3, -0.25) is 10.1 Å². The van der Waals surface area contributed by atoms with E-state index in [9.17, 15) is 24.0 Å². The quantitative estimate of drug-likeness (QED) is 0.424. The smallest absolute Gasteiger partial charge is 0.258 e. The first kappa shape index (κ1) is 22.5. The second-order valence-electron chi connectivity index (χ2n) is 7.82. The van der Waals surface area contributed by atoms with Crippen molar-refractivity contribution >= 4 is 26.7 Å². The fourth-order valence-electron chi connectivity index (χ4n) is 2.15. The van der Waals surface area contributed by atoms with Gasteiger partial charge in [-0.15, -0.1) is 0 Å². The molecule has 0 unspecified atom stereocenters. The van der Waals surface area contributed by atoms with Gasteiger partial charge in [0.1, 0.15) is 11.2 Å². The van der Waals surface area contributed by atoms with Gasteiger partial charge in [-0.2, -0.15) is 15.3 Å². The Morgan fingerprint density at radius 1 is 1.35 bits per heavy atom. The van der Waals surface area contributed by atoms with Crippen molar-refractivity contribution in [3.05, 3.63) is 39.7 Å². The van der Waals surface area contributed by atoms with Crippen LogP contribution in [0.3, 0.4) is 0 Å². The molecular formula is C17H26FN3O3S2. The molecule has 0 bridgehead atoms. The third-order valence-electron chi connectivity index (χ3n) is 3.99. The molecule has 1 aromatic rings. The predicted octanol–water partition coefficient (Wildman–Crippen LogP) is 3.94. The highest BCUT2D eigenvalue weighted by Crippen LogP contribution is 2.42. The van der Waals surface area contributed by atoms with Crippen molar-refractivity contribution in [2.24, 2.45) is 0 Å². The summed E-state index contributed by atoms with van der Waals surface area (Å²) in [6, 6.07) is 3.33. The highest BCUT2D eigenvalue weighted by Gasteiger charge is 2.36. The van der Waals surface area contributed by atoms with Crippen LogP contribution < -0.4 is 4.72 Å². The summed E-state index contributed by atoms with van der Waals surface area (Å²) in [5, 5.41) is 22.7. The molecule has 1 N–H and O–H groups in total. The lowest BCUT2D eigenvalue weighted by atomic mass is 9.89. The summed E-state index contributed by atoms with van der Waals surface area (Å²) in [4.78, 5) is 10.5. The van der Waals surface area contributed by atoms with Crippen LogP contribution in [-0.4, -0.2) is 32.1 Å². The maximum Gasteiger partial charge on any atom is 0.269 e. The zero-order valence-corrected chi connectivity index (χ0v) is 17.6. The van der Waals surface area contributed by atoms with Gasteiger partial charge in [0.05, 0.1) is 26.2 Å². The molecule has 0 fully saturated rings. The standard InChI is InChI=1S/C17H26FN3O3S2/c1-16(2,3)25(24)20-17(4,9-10-26(5,6)12-19)14-11-13(21(22)23)7-8-15(14)18/h7-8,11,20H,9-10H2,1-6H3/t17-,25+/m0/s1. The lowest BCUT2D eigenvalue weighted by Crippen LogP contribution is -2.47. The lowest BCUT2D eigenvalue weighted by molar-refractivity contribution is -0.385. The van der Waals surface area contributed by atoms with Gasteiger partial charge in [0, 0.05) is 17.7 Å². The van der Waals surface area contributed by atoms with E-state index >= 15 is 0 Å². The van der Waals surface area contributed by atoms with Crippen LogP contribution in [0.5, 0.6) is 0 Å². The van der Waals surface area contributed by atoms with E-state index in [0.717, 1.165) is 12.1 Å². The number of nitro benzene ring substituents is 1. The molecular weight excluding hydrogens is 377 g/mol. The van der Waals surface area contributed by atoms with E-state index in [-0.39, 0.29) is 11.3 Å². The third-order valence-corrected chi connectivity index (χ3v) is 7.46. The molecule has 0 amide bonds. The Morgan fingerprint density at radius 2 is 1.92 bits per heavy atom. The molecule has 0 heterocycles. The second kappa shape index (κ2) is 8.03. The van der Waals surface area contributed by atoms with Gasteiger partial charge in [-0.1, -0.05) is 0 Å². The van der Waals surface area contributed by atoms with E-state index in [1.807, 2.05) is 12.5 Å². The van der Waals surface area contributed by atoms with Crippen LogP contribution in [0.4, 0.5) is 10.1 Å². The molecule has 0 saturated carbocycles. The highest BCUT2D eigenvalue weighted by atomic mass is 32.3. The Kier molecular flexibility index (Phi) is 6.96. The minimum Gasteiger partial charge on any atom is -0.258 e. The molecule has 26 heavy (non-hydrogen) atoms. The molecule has 9 heteroatoms. The fourth-order valence-corrected chi connectivity index (χ4v) is 4.09. The van der Waals surface area contributed by atoms with Crippen molar-refractivity contribution in [3.63, 3.8) is 0 Å². The van der Waals surface area contributed by atoms with Crippen molar-refractivity contribution < 1.29 is 13.5 Å². The van der Waals surface area contributed by atoms with Crippen molar-refractivity contribution in [3.8, 4) is 5.40 Å². The van der Waals surface area contributed by atoms with Crippen LogP contribution in [0.15, 0.2) is 18.2 Å². The topological polar surface area (TPSA) is 96.0 Å². The number of nitrogens with zero attached hydrogens (tertiary/aromatic N) is 2. The SMILES string of the molecule is CC(C)(C)[S@@](=O)N[C@@](C)(CCS(C)(C)C#N)c1cc([N+](=O)[O-])ccc1F. The van der Waals surface area contributed by atoms with E-state index in [0.29, 0.717) is 12.2 Å². The second-order valence-corrected chi connectivity index (χ2v) is 13.5. The maximum absolute atomic E-state index is 14.6. The van der Waals surface area contributed by atoms with Crippen LogP contribution in [0.2, 0.25) is 0 Å². The molecule has 0 aliphatic rings. The average molecular weight is 404 g/mol. The van der Waals surface area contributed by atoms with E-state index < -0.39 is 42.0 Å². The first-order chi connectivity index (χ1) is 11.7. The summed E-state index contributed by atoms with van der Waals surface area (Å²) < 4.78 is 29.6. The number of hydrogen-bond acceptors (Lipinski definition) is 4. The largest absolute Gasteiger partial charge is 0.269 e. The molecule has 0 radical (unpaired) electrons. The molecule has 2 atom stereocenters. The maximum atomic E-state index is 14.6. The molecule has 0 aromatic heterocycles. The fraction of sp³-hybridized carbons (Fsp3) is 0.588. The summed E-state index contributed by atoms with van der Waals surface area (Å²) in [5.41, 5.74) is -1.27. The van der Waals surface area contributed by atoms with Crippen molar-refractivity contribution in [1.29, 1.82) is 5.26 Å². The van der Waals surface area contributed by atoms with Crippen molar-refractivity contribution in [2.45, 2.75) is 44.4 Å². The zero-order chi connectivity index (χ0) is 20.3. The molecule has 0 saturated heterocycles. The molecule has 146 valence electrons. The third kappa shape index (κ3) is 5.76. The van der Waals surface area contributed by atoms with E-state index in [4.69, 9.17) is 0 Å². The highest BCUT2D eigenvalue weighted by molar-refractivity contribution is 8.36. The summed E-state index contributed by atoms with van der Waals surface area (Å²) in [5.74, 6) is -0.127. The average Bonchev–Trinajstić information content (AvgIpc) is 2.52. The minimum absolute atomic E-state index is 0.0810. The monoisotopic (exact) mass is 403 g/mol. The Morgan fingerprint density at radius 3 is 2.38 bits per heavy atom. The number of halogens is 1. The molecule has 6 nitrogen and oxygen atoms in total. The van der Waals surface area contributed by atoms with E-state index in [1.165, 1.54) is 6.07 Å². The molecule has 0 spiro atoms. The molecule has 0 aliphatic heterocycles. The van der Waals surface area contributed by atoms with Crippen LogP contribution in [0, 0.1) is 26.6 Å². The molecule has 1 aromatic carbocycles. The summed E-state index contributed by atoms with van der Waals surface area (Å²) in [7, 11) is -3.08. The number of thiocyanates is 1. The van der Waals surface area contributed by atoms with Gasteiger partial charge in [0.2, 0.25) is 0 Å². The van der Waals surface area contributed by atoms with Gasteiger partial charge in [0.25, 0.3) is 5.69 Å². The Hall–Kier alpha value is -1.50. The van der Waals surface area contributed by atoms with Crippen LogP contribution in [0.1, 0.15) is 39.7 Å². The number of nitriles is 1. The first-order valence-corrected chi connectivity index (χ1v) is 11.7. The lowest BCUT2D eigenvalue weighted by Gasteiger charge is -2.36. The van der Waals surface area contributed by atoms with Crippen LogP contribution in [0.25, 0.3) is 0 Å². The summed E-state index contributed by atoms with van der Waals surface area (Å²) >= 11 is 0. The van der Waals surface area contributed by atoms with Crippen molar-refractivity contribution in [1.82, 2.24) is 4.72 Å². The summed E-state index contributed by atoms with van der Waals surface area (Å²) in [6.45, 7) is 7.02. The number of hydrogen-bond donors (Lipinski definition) is 1. The molecule has 0 aliphatic carbocycles. The first-order valence-electron chi connectivity index (χ1n) is 7.98. The predicted molar refractivity (Wildman–Crippen MR) is 106 cm³/mol.